The third-order valence-corrected chi connectivity index (χ3v) is 5.16. The van der Waals surface area contributed by atoms with Crippen LogP contribution < -0.4 is 4.72 Å². The Bertz CT molecular complexity index is 608. The molecule has 7 nitrogen and oxygen atoms in total. The normalized spacial score (nSPS) is 17.7. The van der Waals surface area contributed by atoms with Gasteiger partial charge in [0.2, 0.25) is 15.8 Å². The maximum absolute atomic E-state index is 12.2. The van der Waals surface area contributed by atoms with E-state index in [1.54, 1.807) is 7.11 Å². The van der Waals surface area contributed by atoms with Crippen LogP contribution in [0.15, 0.2) is 15.4 Å². The van der Waals surface area contributed by atoms with Gasteiger partial charge >= 0.3 is 5.97 Å². The number of aryl methyl sites for hydroxylation is 1. The monoisotopic (exact) mass is 303 g/mol. The molecule has 2 N–H and O–H groups in total. The molecule has 112 valence electrons. The molecule has 0 atom stereocenters. The number of carboxylic acid groups (broad SMARTS) is 1. The Hall–Kier alpha value is -1.38. The Kier molecular flexibility index (Phi) is 3.90. The van der Waals surface area contributed by atoms with Crippen molar-refractivity contribution in [3.63, 3.8) is 0 Å². The number of hydrogen-bond acceptors (Lipinski definition) is 5. The Morgan fingerprint density at radius 3 is 2.60 bits per heavy atom. The van der Waals surface area contributed by atoms with E-state index in [9.17, 15) is 13.2 Å². The van der Waals surface area contributed by atoms with E-state index in [1.165, 1.54) is 6.92 Å². The number of carboxylic acids is 1. The zero-order chi connectivity index (χ0) is 15.0. The topological polar surface area (TPSA) is 106 Å². The second-order valence-corrected chi connectivity index (χ2v) is 6.64. The van der Waals surface area contributed by atoms with Gasteiger partial charge in [0.15, 0.2) is 0 Å². The Morgan fingerprint density at radius 1 is 1.55 bits per heavy atom. The SMILES string of the molecule is COC1(CNS(=O)(=O)c2cc(C(=O)O)oc2C)CCC1. The molecule has 20 heavy (non-hydrogen) atoms. The first-order chi connectivity index (χ1) is 9.30. The summed E-state index contributed by atoms with van der Waals surface area (Å²) in [5, 5.41) is 8.80. The third kappa shape index (κ3) is 2.72. The molecule has 0 unspecified atom stereocenters. The molecule has 2 rings (SSSR count). The molecule has 1 aliphatic carbocycles. The summed E-state index contributed by atoms with van der Waals surface area (Å²) in [7, 11) is -2.26. The van der Waals surface area contributed by atoms with Crippen molar-refractivity contribution < 1.29 is 27.5 Å². The van der Waals surface area contributed by atoms with Crippen molar-refractivity contribution in [2.24, 2.45) is 0 Å². The fourth-order valence-corrected chi connectivity index (χ4v) is 3.46. The average molecular weight is 303 g/mol. The van der Waals surface area contributed by atoms with Crippen LogP contribution in [0.25, 0.3) is 0 Å². The molecular weight excluding hydrogens is 286 g/mol. The maximum atomic E-state index is 12.2. The molecule has 0 aliphatic heterocycles. The molecule has 0 aromatic carbocycles. The largest absolute Gasteiger partial charge is 0.475 e. The summed E-state index contributed by atoms with van der Waals surface area (Å²) in [6.45, 7) is 1.58. The first-order valence-electron chi connectivity index (χ1n) is 6.18. The Balaban J connectivity index is 2.16. The van der Waals surface area contributed by atoms with Gasteiger partial charge in [-0.25, -0.2) is 17.9 Å². The molecule has 1 aliphatic rings. The lowest BCUT2D eigenvalue weighted by molar-refractivity contribution is -0.0659. The van der Waals surface area contributed by atoms with E-state index in [2.05, 4.69) is 4.72 Å². The average Bonchev–Trinajstić information content (AvgIpc) is 2.71. The van der Waals surface area contributed by atoms with Gasteiger partial charge in [0, 0.05) is 19.7 Å². The highest BCUT2D eigenvalue weighted by Crippen LogP contribution is 2.34. The summed E-state index contributed by atoms with van der Waals surface area (Å²) < 4.78 is 37.0. The molecule has 0 bridgehead atoms. The van der Waals surface area contributed by atoms with Gasteiger partial charge in [0.1, 0.15) is 10.7 Å². The van der Waals surface area contributed by atoms with E-state index >= 15 is 0 Å². The number of rotatable bonds is 6. The van der Waals surface area contributed by atoms with Gasteiger partial charge in [-0.1, -0.05) is 0 Å². The quantitative estimate of drug-likeness (QED) is 0.816. The lowest BCUT2D eigenvalue weighted by Crippen LogP contribution is -2.49. The minimum absolute atomic E-state index is 0.0509. The van der Waals surface area contributed by atoms with Crippen molar-refractivity contribution in [1.82, 2.24) is 4.72 Å². The van der Waals surface area contributed by atoms with Crippen LogP contribution in [0.4, 0.5) is 0 Å². The summed E-state index contributed by atoms with van der Waals surface area (Å²) in [6, 6.07) is 1.01. The molecule has 1 fully saturated rings. The lowest BCUT2D eigenvalue weighted by atomic mass is 9.80. The second kappa shape index (κ2) is 5.19. The molecule has 1 heterocycles. The number of nitrogens with one attached hydrogen (secondary N) is 1. The van der Waals surface area contributed by atoms with E-state index in [0.29, 0.717) is 0 Å². The van der Waals surface area contributed by atoms with Crippen molar-refractivity contribution in [1.29, 1.82) is 0 Å². The maximum Gasteiger partial charge on any atom is 0.371 e. The van der Waals surface area contributed by atoms with E-state index < -0.39 is 27.4 Å². The standard InChI is InChI=1S/C12H17NO6S/c1-8-10(6-9(19-8)11(14)15)20(16,17)13-7-12(18-2)4-3-5-12/h6,13H,3-5,7H2,1-2H3,(H,14,15). The van der Waals surface area contributed by atoms with Gasteiger partial charge in [0.05, 0.1) is 5.60 Å². The summed E-state index contributed by atoms with van der Waals surface area (Å²) in [4.78, 5) is 10.6. The predicted molar refractivity (Wildman–Crippen MR) is 69.2 cm³/mol. The van der Waals surface area contributed by atoms with Crippen LogP contribution in [0.3, 0.4) is 0 Å². The number of sulfonamides is 1. The third-order valence-electron chi connectivity index (χ3n) is 3.65. The van der Waals surface area contributed by atoms with Crippen LogP contribution in [-0.4, -0.2) is 38.7 Å². The molecule has 0 saturated heterocycles. The fraction of sp³-hybridized carbons (Fsp3) is 0.583. The van der Waals surface area contributed by atoms with Crippen LogP contribution in [0.1, 0.15) is 35.6 Å². The van der Waals surface area contributed by atoms with Gasteiger partial charge in [-0.2, -0.15) is 0 Å². The van der Waals surface area contributed by atoms with Crippen LogP contribution in [0.2, 0.25) is 0 Å². The molecule has 0 spiro atoms. The van der Waals surface area contributed by atoms with Crippen LogP contribution >= 0.6 is 0 Å². The molecule has 0 amide bonds. The van der Waals surface area contributed by atoms with Gasteiger partial charge in [-0.05, 0) is 26.2 Å². The highest BCUT2D eigenvalue weighted by atomic mass is 32.2. The Morgan fingerprint density at radius 2 is 2.20 bits per heavy atom. The van der Waals surface area contributed by atoms with Gasteiger partial charge < -0.3 is 14.3 Å². The Labute approximate surface area is 117 Å². The van der Waals surface area contributed by atoms with E-state index in [4.69, 9.17) is 14.3 Å². The summed E-state index contributed by atoms with van der Waals surface area (Å²) in [5.74, 6) is -1.65. The zero-order valence-electron chi connectivity index (χ0n) is 11.3. The van der Waals surface area contributed by atoms with E-state index in [0.717, 1.165) is 25.3 Å². The van der Waals surface area contributed by atoms with Crippen molar-refractivity contribution >= 4 is 16.0 Å². The molecular formula is C12H17NO6S. The first kappa shape index (κ1) is 15.0. The summed E-state index contributed by atoms with van der Waals surface area (Å²) in [5.41, 5.74) is -0.444. The van der Waals surface area contributed by atoms with Crippen molar-refractivity contribution in [3.8, 4) is 0 Å². The number of aromatic carboxylic acids is 1. The second-order valence-electron chi connectivity index (χ2n) is 4.90. The van der Waals surface area contributed by atoms with E-state index in [1.807, 2.05) is 0 Å². The number of hydrogen-bond donors (Lipinski definition) is 2. The number of furan rings is 1. The minimum Gasteiger partial charge on any atom is -0.475 e. The molecule has 1 saturated carbocycles. The zero-order valence-corrected chi connectivity index (χ0v) is 12.1. The highest BCUT2D eigenvalue weighted by Gasteiger charge is 2.38. The van der Waals surface area contributed by atoms with Gasteiger partial charge in [-0.15, -0.1) is 0 Å². The van der Waals surface area contributed by atoms with Gasteiger partial charge in [-0.3, -0.25) is 0 Å². The first-order valence-corrected chi connectivity index (χ1v) is 7.66. The molecule has 0 radical (unpaired) electrons. The predicted octanol–water partition coefficient (Wildman–Crippen LogP) is 1.13. The fourth-order valence-electron chi connectivity index (χ4n) is 2.17. The molecule has 1 aromatic rings. The van der Waals surface area contributed by atoms with Crippen molar-refractivity contribution in [2.45, 2.75) is 36.7 Å². The number of methoxy groups -OCH3 is 1. The number of ether oxygens (including phenoxy) is 1. The van der Waals surface area contributed by atoms with Crippen molar-refractivity contribution in [3.05, 3.63) is 17.6 Å². The summed E-state index contributed by atoms with van der Waals surface area (Å²) in [6.07, 6.45) is 2.61. The molecule has 8 heteroatoms. The highest BCUT2D eigenvalue weighted by molar-refractivity contribution is 7.89. The number of carbonyl (C=O) groups is 1. The van der Waals surface area contributed by atoms with Crippen LogP contribution in [-0.2, 0) is 14.8 Å². The van der Waals surface area contributed by atoms with Crippen LogP contribution in [0.5, 0.6) is 0 Å². The smallest absolute Gasteiger partial charge is 0.371 e. The van der Waals surface area contributed by atoms with Crippen molar-refractivity contribution in [2.75, 3.05) is 13.7 Å². The summed E-state index contributed by atoms with van der Waals surface area (Å²) >= 11 is 0. The lowest BCUT2D eigenvalue weighted by Gasteiger charge is -2.40. The van der Waals surface area contributed by atoms with E-state index in [-0.39, 0.29) is 17.2 Å². The molecule has 1 aromatic heterocycles. The van der Waals surface area contributed by atoms with Gasteiger partial charge in [0.25, 0.3) is 0 Å². The van der Waals surface area contributed by atoms with Crippen LogP contribution in [0, 0.1) is 6.92 Å². The minimum atomic E-state index is -3.81.